The molecule has 0 radical (unpaired) electrons. The average molecular weight is 291 g/mol. The first kappa shape index (κ1) is 13.8. The van der Waals surface area contributed by atoms with Crippen LogP contribution in [-0.4, -0.2) is 42.4 Å². The van der Waals surface area contributed by atoms with Crippen molar-refractivity contribution in [1.29, 1.82) is 0 Å². The van der Waals surface area contributed by atoms with E-state index in [1.165, 1.54) is 10.4 Å². The molecular weight excluding hydrogens is 277 g/mol. The molecule has 1 heterocycles. The summed E-state index contributed by atoms with van der Waals surface area (Å²) in [5.41, 5.74) is 0.231. The van der Waals surface area contributed by atoms with Crippen molar-refractivity contribution in [3.8, 4) is 0 Å². The quantitative estimate of drug-likeness (QED) is 0.904. The molecule has 0 aromatic heterocycles. The van der Waals surface area contributed by atoms with E-state index in [-0.39, 0.29) is 10.5 Å². The first-order valence-corrected chi connectivity index (χ1v) is 8.12. The predicted molar refractivity (Wildman–Crippen MR) is 68.4 cm³/mol. The number of halogens is 1. The van der Waals surface area contributed by atoms with Crippen molar-refractivity contribution < 1.29 is 17.9 Å². The number of aliphatic hydroxyl groups is 1. The molecule has 0 spiro atoms. The highest BCUT2D eigenvalue weighted by Crippen LogP contribution is 2.24. The summed E-state index contributed by atoms with van der Waals surface area (Å²) in [6, 6.07) is 3.43. The van der Waals surface area contributed by atoms with E-state index in [4.69, 9.17) is 5.11 Å². The Morgan fingerprint density at radius 3 is 2.61 bits per heavy atom. The van der Waals surface area contributed by atoms with Crippen LogP contribution in [-0.2, 0) is 16.6 Å². The molecular formula is C11H14FNO3S2. The largest absolute Gasteiger partial charge is 0.392 e. The molecule has 2 rings (SSSR count). The van der Waals surface area contributed by atoms with Gasteiger partial charge in [0.25, 0.3) is 0 Å². The van der Waals surface area contributed by atoms with E-state index in [1.807, 2.05) is 0 Å². The Bertz CT molecular complexity index is 527. The van der Waals surface area contributed by atoms with Crippen LogP contribution in [0.1, 0.15) is 5.56 Å². The van der Waals surface area contributed by atoms with Gasteiger partial charge in [0.1, 0.15) is 5.82 Å². The van der Waals surface area contributed by atoms with Crippen LogP contribution in [0.5, 0.6) is 0 Å². The SMILES string of the molecule is O=S(=O)(c1cc(F)ccc1CO)N1CCSCC1. The molecule has 4 nitrogen and oxygen atoms in total. The molecule has 0 amide bonds. The summed E-state index contributed by atoms with van der Waals surface area (Å²) in [6.45, 7) is 0.431. The van der Waals surface area contributed by atoms with Crippen LogP contribution < -0.4 is 0 Å². The van der Waals surface area contributed by atoms with E-state index in [2.05, 4.69) is 0 Å². The molecule has 1 fully saturated rings. The van der Waals surface area contributed by atoms with Gasteiger partial charge in [-0.05, 0) is 17.7 Å². The summed E-state index contributed by atoms with van der Waals surface area (Å²) in [5.74, 6) is 0.864. The van der Waals surface area contributed by atoms with Crippen molar-refractivity contribution in [2.45, 2.75) is 11.5 Å². The second-order valence-corrected chi connectivity index (χ2v) is 7.06. The third kappa shape index (κ3) is 2.69. The topological polar surface area (TPSA) is 57.6 Å². The molecule has 0 atom stereocenters. The number of aliphatic hydroxyl groups excluding tert-OH is 1. The molecule has 0 bridgehead atoms. The summed E-state index contributed by atoms with van der Waals surface area (Å²) in [4.78, 5) is -0.128. The summed E-state index contributed by atoms with van der Waals surface area (Å²) >= 11 is 1.69. The van der Waals surface area contributed by atoms with Crippen LogP contribution in [0.2, 0.25) is 0 Å². The molecule has 18 heavy (non-hydrogen) atoms. The van der Waals surface area contributed by atoms with Gasteiger partial charge in [0, 0.05) is 24.6 Å². The van der Waals surface area contributed by atoms with Gasteiger partial charge in [-0.2, -0.15) is 16.1 Å². The fraction of sp³-hybridized carbons (Fsp3) is 0.455. The standard InChI is InChI=1S/C11H14FNO3S2/c12-10-2-1-9(8-14)11(7-10)18(15,16)13-3-5-17-6-4-13/h1-2,7,14H,3-6,8H2. The van der Waals surface area contributed by atoms with Crippen molar-refractivity contribution in [2.75, 3.05) is 24.6 Å². The van der Waals surface area contributed by atoms with Crippen LogP contribution in [0.15, 0.2) is 23.1 Å². The molecule has 0 unspecified atom stereocenters. The average Bonchev–Trinajstić information content (AvgIpc) is 2.39. The molecule has 1 aromatic carbocycles. The second-order valence-electron chi connectivity index (χ2n) is 3.93. The van der Waals surface area contributed by atoms with Crippen LogP contribution >= 0.6 is 11.8 Å². The van der Waals surface area contributed by atoms with E-state index in [9.17, 15) is 12.8 Å². The summed E-state index contributed by atoms with van der Waals surface area (Å²) in [6.07, 6.45) is 0. The molecule has 100 valence electrons. The number of sulfonamides is 1. The first-order valence-electron chi connectivity index (χ1n) is 5.53. The van der Waals surface area contributed by atoms with Crippen molar-refractivity contribution in [1.82, 2.24) is 4.31 Å². The molecule has 0 aliphatic carbocycles. The number of hydrogen-bond donors (Lipinski definition) is 1. The molecule has 1 aromatic rings. The number of thioether (sulfide) groups is 1. The summed E-state index contributed by atoms with van der Waals surface area (Å²) in [5, 5.41) is 9.16. The highest BCUT2D eigenvalue weighted by Gasteiger charge is 2.28. The summed E-state index contributed by atoms with van der Waals surface area (Å²) < 4.78 is 39.3. The molecule has 1 N–H and O–H groups in total. The van der Waals surface area contributed by atoms with E-state index in [1.54, 1.807) is 11.8 Å². The monoisotopic (exact) mass is 291 g/mol. The number of nitrogens with zero attached hydrogens (tertiary/aromatic N) is 1. The number of hydrogen-bond acceptors (Lipinski definition) is 4. The first-order chi connectivity index (χ1) is 8.55. The van der Waals surface area contributed by atoms with Gasteiger partial charge in [-0.15, -0.1) is 0 Å². The minimum absolute atomic E-state index is 0.128. The highest BCUT2D eigenvalue weighted by atomic mass is 32.2. The van der Waals surface area contributed by atoms with Crippen molar-refractivity contribution in [3.05, 3.63) is 29.6 Å². The molecule has 7 heteroatoms. The van der Waals surface area contributed by atoms with Gasteiger partial charge in [-0.3, -0.25) is 0 Å². The minimum Gasteiger partial charge on any atom is -0.392 e. The Kier molecular flexibility index (Phi) is 4.26. The van der Waals surface area contributed by atoms with Crippen molar-refractivity contribution in [3.63, 3.8) is 0 Å². The van der Waals surface area contributed by atoms with Gasteiger partial charge in [0.2, 0.25) is 10.0 Å². The van der Waals surface area contributed by atoms with Gasteiger partial charge in [-0.25, -0.2) is 12.8 Å². The minimum atomic E-state index is -3.71. The summed E-state index contributed by atoms with van der Waals surface area (Å²) in [7, 11) is -3.71. The van der Waals surface area contributed by atoms with Crippen molar-refractivity contribution in [2.24, 2.45) is 0 Å². The fourth-order valence-electron chi connectivity index (χ4n) is 1.83. The third-order valence-corrected chi connectivity index (χ3v) is 5.71. The normalized spacial score (nSPS) is 17.9. The van der Waals surface area contributed by atoms with Gasteiger partial charge < -0.3 is 5.11 Å². The van der Waals surface area contributed by atoms with Gasteiger partial charge in [-0.1, -0.05) is 6.07 Å². The van der Waals surface area contributed by atoms with Gasteiger partial charge in [0.05, 0.1) is 11.5 Å². The Balaban J connectivity index is 2.42. The number of rotatable bonds is 3. The Hall–Kier alpha value is -0.630. The molecule has 1 aliphatic heterocycles. The molecule has 0 saturated carbocycles. The Morgan fingerprint density at radius 2 is 2.00 bits per heavy atom. The van der Waals surface area contributed by atoms with E-state index in [0.29, 0.717) is 13.1 Å². The van der Waals surface area contributed by atoms with E-state index < -0.39 is 22.4 Å². The maximum absolute atomic E-state index is 13.2. The molecule has 1 aliphatic rings. The van der Waals surface area contributed by atoms with Crippen LogP contribution in [0.4, 0.5) is 4.39 Å². The lowest BCUT2D eigenvalue weighted by Crippen LogP contribution is -2.38. The Morgan fingerprint density at radius 1 is 1.33 bits per heavy atom. The maximum Gasteiger partial charge on any atom is 0.243 e. The maximum atomic E-state index is 13.2. The smallest absolute Gasteiger partial charge is 0.243 e. The van der Waals surface area contributed by atoms with Crippen molar-refractivity contribution >= 4 is 21.8 Å². The third-order valence-electron chi connectivity index (χ3n) is 2.79. The fourth-order valence-corrected chi connectivity index (χ4v) is 4.63. The van der Waals surface area contributed by atoms with Crippen LogP contribution in [0.25, 0.3) is 0 Å². The highest BCUT2D eigenvalue weighted by molar-refractivity contribution is 7.99. The zero-order valence-electron chi connectivity index (χ0n) is 9.67. The van der Waals surface area contributed by atoms with E-state index in [0.717, 1.165) is 23.6 Å². The van der Waals surface area contributed by atoms with E-state index >= 15 is 0 Å². The molecule has 1 saturated heterocycles. The van der Waals surface area contributed by atoms with Gasteiger partial charge >= 0.3 is 0 Å². The Labute approximate surface area is 110 Å². The number of benzene rings is 1. The van der Waals surface area contributed by atoms with Crippen LogP contribution in [0, 0.1) is 5.82 Å². The predicted octanol–water partition coefficient (Wildman–Crippen LogP) is 1.06. The van der Waals surface area contributed by atoms with Gasteiger partial charge in [0.15, 0.2) is 0 Å². The zero-order chi connectivity index (χ0) is 13.2. The lowest BCUT2D eigenvalue weighted by molar-refractivity contribution is 0.277. The van der Waals surface area contributed by atoms with Crippen LogP contribution in [0.3, 0.4) is 0 Å². The zero-order valence-corrected chi connectivity index (χ0v) is 11.3. The second kappa shape index (κ2) is 5.56. The lowest BCUT2D eigenvalue weighted by atomic mass is 10.2. The lowest BCUT2D eigenvalue weighted by Gasteiger charge is -2.26.